The second-order valence-corrected chi connectivity index (χ2v) is 8.28. The van der Waals surface area contributed by atoms with Gasteiger partial charge in [0.15, 0.2) is 0 Å². The maximum Gasteiger partial charge on any atom is 0.209 e. The molecule has 0 fully saturated rings. The molecular weight excluding hydrogens is 326 g/mol. The van der Waals surface area contributed by atoms with E-state index in [9.17, 15) is 4.79 Å². The third-order valence-corrected chi connectivity index (χ3v) is 6.16. The number of nitrogens with zero attached hydrogens (tertiary/aromatic N) is 1. The maximum absolute atomic E-state index is 13.6. The SMILES string of the molecule is CCCn1c(C(=O)C(=C(C)C)C2=C(C)CCCCC2)cc2ccsc21. The molecule has 0 bridgehead atoms. The van der Waals surface area contributed by atoms with Gasteiger partial charge in [-0.15, -0.1) is 11.3 Å². The molecule has 2 heterocycles. The second kappa shape index (κ2) is 7.74. The first-order chi connectivity index (χ1) is 12.0. The fourth-order valence-corrected chi connectivity index (χ4v) is 4.90. The number of carbonyl (C=O) groups is 1. The summed E-state index contributed by atoms with van der Waals surface area (Å²) in [5, 5.41) is 3.31. The van der Waals surface area contributed by atoms with Gasteiger partial charge in [0.1, 0.15) is 4.83 Å². The summed E-state index contributed by atoms with van der Waals surface area (Å²) in [7, 11) is 0. The summed E-state index contributed by atoms with van der Waals surface area (Å²) in [6.45, 7) is 9.48. The van der Waals surface area contributed by atoms with Gasteiger partial charge in [-0.1, -0.05) is 24.5 Å². The zero-order chi connectivity index (χ0) is 18.0. The molecule has 3 rings (SSSR count). The molecule has 2 nitrogen and oxygen atoms in total. The lowest BCUT2D eigenvalue weighted by Crippen LogP contribution is -2.14. The van der Waals surface area contributed by atoms with Crippen LogP contribution in [0.15, 0.2) is 39.8 Å². The first kappa shape index (κ1) is 18.2. The molecule has 25 heavy (non-hydrogen) atoms. The van der Waals surface area contributed by atoms with E-state index in [4.69, 9.17) is 0 Å². The van der Waals surface area contributed by atoms with Gasteiger partial charge in [0, 0.05) is 17.5 Å². The summed E-state index contributed by atoms with van der Waals surface area (Å²) in [6.07, 6.45) is 6.93. The fraction of sp³-hybridized carbons (Fsp3) is 0.500. The van der Waals surface area contributed by atoms with Crippen molar-refractivity contribution in [2.75, 3.05) is 0 Å². The van der Waals surface area contributed by atoms with Crippen molar-refractivity contribution < 1.29 is 4.79 Å². The van der Waals surface area contributed by atoms with Gasteiger partial charge in [-0.3, -0.25) is 4.79 Å². The molecule has 1 aliphatic rings. The summed E-state index contributed by atoms with van der Waals surface area (Å²) in [6, 6.07) is 4.22. The topological polar surface area (TPSA) is 22.0 Å². The van der Waals surface area contributed by atoms with Gasteiger partial charge in [0.05, 0.1) is 5.69 Å². The molecule has 0 spiro atoms. The number of hydrogen-bond donors (Lipinski definition) is 0. The minimum absolute atomic E-state index is 0.216. The lowest BCUT2D eigenvalue weighted by Gasteiger charge is -2.17. The lowest BCUT2D eigenvalue weighted by atomic mass is 9.89. The molecule has 0 saturated carbocycles. The molecule has 0 aromatic carbocycles. The smallest absolute Gasteiger partial charge is 0.209 e. The van der Waals surface area contributed by atoms with Crippen LogP contribution in [0.1, 0.15) is 76.7 Å². The Labute approximate surface area is 155 Å². The van der Waals surface area contributed by atoms with E-state index in [0.717, 1.165) is 42.6 Å². The van der Waals surface area contributed by atoms with Gasteiger partial charge in [0.25, 0.3) is 0 Å². The van der Waals surface area contributed by atoms with Gasteiger partial charge >= 0.3 is 0 Å². The summed E-state index contributed by atoms with van der Waals surface area (Å²) < 4.78 is 2.23. The van der Waals surface area contributed by atoms with E-state index < -0.39 is 0 Å². The van der Waals surface area contributed by atoms with Crippen molar-refractivity contribution in [3.05, 3.63) is 45.5 Å². The van der Waals surface area contributed by atoms with E-state index in [1.807, 2.05) is 0 Å². The van der Waals surface area contributed by atoms with Crippen LogP contribution in [0.3, 0.4) is 0 Å². The molecule has 0 aliphatic heterocycles. The Morgan fingerprint density at radius 1 is 1.20 bits per heavy atom. The number of hydrogen-bond acceptors (Lipinski definition) is 2. The average Bonchev–Trinajstić information content (AvgIpc) is 3.09. The molecule has 0 N–H and O–H groups in total. The van der Waals surface area contributed by atoms with Gasteiger partial charge in [-0.2, -0.15) is 0 Å². The number of ketones is 1. The average molecular weight is 356 g/mol. The summed E-state index contributed by atoms with van der Waals surface area (Å²) in [5.41, 5.74) is 5.72. The monoisotopic (exact) mass is 355 g/mol. The normalized spacial score (nSPS) is 15.5. The minimum Gasteiger partial charge on any atom is -0.330 e. The van der Waals surface area contributed by atoms with Crippen molar-refractivity contribution in [3.8, 4) is 0 Å². The third-order valence-electron chi connectivity index (χ3n) is 5.20. The number of allylic oxidation sites excluding steroid dienone is 4. The predicted octanol–water partition coefficient (Wildman–Crippen LogP) is 6.91. The number of aryl methyl sites for hydroxylation is 1. The highest BCUT2D eigenvalue weighted by Gasteiger charge is 2.24. The molecule has 2 aromatic rings. The van der Waals surface area contributed by atoms with Crippen molar-refractivity contribution in [3.63, 3.8) is 0 Å². The maximum atomic E-state index is 13.6. The first-order valence-electron chi connectivity index (χ1n) is 9.52. The van der Waals surface area contributed by atoms with Crippen molar-refractivity contribution in [2.45, 2.75) is 72.8 Å². The number of Topliss-reactive ketones (excluding diaryl/α,β-unsaturated/α-hetero) is 1. The van der Waals surface area contributed by atoms with Gasteiger partial charge in [-0.05, 0) is 76.0 Å². The molecular formula is C22H29NOS. The Hall–Kier alpha value is -1.61. The molecule has 0 saturated heterocycles. The van der Waals surface area contributed by atoms with Crippen molar-refractivity contribution in [1.82, 2.24) is 4.57 Å². The molecule has 1 aliphatic carbocycles. The Bertz CT molecular complexity index is 843. The summed E-state index contributed by atoms with van der Waals surface area (Å²) in [5.74, 6) is 0.216. The van der Waals surface area contributed by atoms with Crippen LogP contribution in [0.25, 0.3) is 10.2 Å². The number of carbonyl (C=O) groups excluding carboxylic acids is 1. The van der Waals surface area contributed by atoms with E-state index in [1.165, 1.54) is 40.6 Å². The zero-order valence-electron chi connectivity index (χ0n) is 15.9. The van der Waals surface area contributed by atoms with Gasteiger partial charge < -0.3 is 4.57 Å². The van der Waals surface area contributed by atoms with E-state index in [2.05, 4.69) is 49.8 Å². The third kappa shape index (κ3) is 3.52. The Balaban J connectivity index is 2.10. The van der Waals surface area contributed by atoms with Crippen molar-refractivity contribution in [1.29, 1.82) is 0 Å². The molecule has 0 atom stereocenters. The summed E-state index contributed by atoms with van der Waals surface area (Å²) >= 11 is 1.73. The van der Waals surface area contributed by atoms with E-state index >= 15 is 0 Å². The summed E-state index contributed by atoms with van der Waals surface area (Å²) in [4.78, 5) is 14.8. The van der Waals surface area contributed by atoms with E-state index in [1.54, 1.807) is 11.3 Å². The first-order valence-corrected chi connectivity index (χ1v) is 10.4. The highest BCUT2D eigenvalue weighted by Crippen LogP contribution is 2.34. The van der Waals surface area contributed by atoms with Crippen LogP contribution in [0.5, 0.6) is 0 Å². The van der Waals surface area contributed by atoms with Crippen LogP contribution in [-0.4, -0.2) is 10.4 Å². The van der Waals surface area contributed by atoms with Crippen LogP contribution in [0.2, 0.25) is 0 Å². The molecule has 134 valence electrons. The zero-order valence-corrected chi connectivity index (χ0v) is 16.8. The molecule has 0 amide bonds. The minimum atomic E-state index is 0.216. The standard InChI is InChI=1S/C22H29NOS/c1-5-12-23-19(14-17-11-13-25-22(17)23)21(24)20(15(2)3)18-10-8-6-7-9-16(18)4/h11,13-14H,5-10,12H2,1-4H3. The molecule has 3 heteroatoms. The Morgan fingerprint density at radius 2 is 1.96 bits per heavy atom. The quantitative estimate of drug-likeness (QED) is 0.422. The molecule has 0 radical (unpaired) electrons. The second-order valence-electron chi connectivity index (χ2n) is 7.39. The Morgan fingerprint density at radius 3 is 2.68 bits per heavy atom. The number of rotatable bonds is 5. The number of fused-ring (bicyclic) bond motifs is 1. The van der Waals surface area contributed by atoms with Crippen molar-refractivity contribution in [2.24, 2.45) is 0 Å². The van der Waals surface area contributed by atoms with Gasteiger partial charge in [-0.25, -0.2) is 0 Å². The highest BCUT2D eigenvalue weighted by molar-refractivity contribution is 7.16. The van der Waals surface area contributed by atoms with Crippen LogP contribution >= 0.6 is 11.3 Å². The molecule has 2 aromatic heterocycles. The van der Waals surface area contributed by atoms with Crippen LogP contribution < -0.4 is 0 Å². The Kier molecular flexibility index (Phi) is 5.63. The van der Waals surface area contributed by atoms with Crippen LogP contribution in [-0.2, 0) is 6.54 Å². The number of aromatic nitrogens is 1. The molecule has 0 unspecified atom stereocenters. The van der Waals surface area contributed by atoms with E-state index in [0.29, 0.717) is 0 Å². The van der Waals surface area contributed by atoms with Crippen LogP contribution in [0.4, 0.5) is 0 Å². The number of thiophene rings is 1. The largest absolute Gasteiger partial charge is 0.330 e. The van der Waals surface area contributed by atoms with Crippen LogP contribution in [0, 0.1) is 0 Å². The lowest BCUT2D eigenvalue weighted by molar-refractivity contribution is 0.102. The fourth-order valence-electron chi connectivity index (χ4n) is 3.97. The van der Waals surface area contributed by atoms with E-state index in [-0.39, 0.29) is 5.78 Å². The van der Waals surface area contributed by atoms with Gasteiger partial charge in [0.2, 0.25) is 5.78 Å². The highest BCUT2D eigenvalue weighted by atomic mass is 32.1. The van der Waals surface area contributed by atoms with Crippen molar-refractivity contribution >= 4 is 27.3 Å². The predicted molar refractivity (Wildman–Crippen MR) is 109 cm³/mol.